The first-order valence-electron chi connectivity index (χ1n) is 12.0. The Kier molecular flexibility index (Phi) is 8.49. The maximum atomic E-state index is 14.0. The van der Waals surface area contributed by atoms with Gasteiger partial charge in [0.2, 0.25) is 5.91 Å². The molecular weight excluding hydrogens is 491 g/mol. The number of likely N-dealkylation sites (tertiary alicyclic amines) is 1. The van der Waals surface area contributed by atoms with Gasteiger partial charge in [-0.1, -0.05) is 35.9 Å². The molecule has 0 bridgehead atoms. The third kappa shape index (κ3) is 5.82. The number of aliphatic hydroxyl groups is 3. The third-order valence-electron chi connectivity index (χ3n) is 6.83. The van der Waals surface area contributed by atoms with E-state index in [0.29, 0.717) is 23.6 Å². The van der Waals surface area contributed by atoms with Crippen LogP contribution in [0.3, 0.4) is 0 Å². The van der Waals surface area contributed by atoms with Gasteiger partial charge in [-0.05, 0) is 48.2 Å². The molecule has 0 unspecified atom stereocenters. The summed E-state index contributed by atoms with van der Waals surface area (Å²) in [6.07, 6.45) is -7.03. The Morgan fingerprint density at radius 1 is 1.17 bits per heavy atom. The molecule has 2 aromatic rings. The largest absolute Gasteiger partial charge is 0.494 e. The zero-order chi connectivity index (χ0) is 26.0. The monoisotopic (exact) mass is 522 g/mol. The van der Waals surface area contributed by atoms with Crippen molar-refractivity contribution in [2.45, 2.75) is 62.5 Å². The number of amides is 1. The number of halogens is 2. The second-order valence-electron chi connectivity index (χ2n) is 9.38. The number of nitrogens with zero attached hydrogens (tertiary/aromatic N) is 1. The van der Waals surface area contributed by atoms with Gasteiger partial charge >= 0.3 is 0 Å². The number of hydrogen-bond donors (Lipinski definition) is 4. The van der Waals surface area contributed by atoms with E-state index in [4.69, 9.17) is 26.8 Å². The average molecular weight is 523 g/mol. The quantitative estimate of drug-likeness (QED) is 0.416. The minimum absolute atomic E-state index is 0.0257. The van der Waals surface area contributed by atoms with Crippen LogP contribution in [0.4, 0.5) is 4.39 Å². The van der Waals surface area contributed by atoms with Crippen molar-refractivity contribution in [2.75, 3.05) is 19.7 Å². The number of nitrogens with two attached hydrogens (primary N) is 1. The van der Waals surface area contributed by atoms with E-state index in [-0.39, 0.29) is 19.5 Å². The van der Waals surface area contributed by atoms with Gasteiger partial charge in [0.15, 0.2) is 0 Å². The van der Waals surface area contributed by atoms with E-state index in [1.807, 2.05) is 31.2 Å². The molecule has 196 valence electrons. The van der Waals surface area contributed by atoms with Crippen LogP contribution < -0.4 is 10.5 Å². The molecule has 2 aliphatic heterocycles. The SMILES string of the molecule is CCOc1ccc(Cc2cc([C@@H]3O[C@H](CN4C[C@@H](F)C[C@H]4C(N)=O)[C@H](O)[C@@H](O)[C@H]3O)ccc2Cl)cc1. The van der Waals surface area contributed by atoms with Gasteiger partial charge in [-0.2, -0.15) is 0 Å². The standard InChI is InChI=1S/C26H32ClFN2O6/c1-2-35-18-6-3-14(4-7-18)9-16-10-15(5-8-19(16)27)25-24(33)23(32)22(31)21(36-25)13-30-12-17(28)11-20(30)26(29)34/h3-8,10,17,20-25,31-33H,2,9,11-13H2,1H3,(H2,29,34)/t17-,20-,21+,22-,23+,24+,25-/m0/s1. The zero-order valence-corrected chi connectivity index (χ0v) is 20.7. The molecule has 0 aliphatic carbocycles. The maximum Gasteiger partial charge on any atom is 0.234 e. The van der Waals surface area contributed by atoms with Crippen LogP contribution in [-0.2, 0) is 16.0 Å². The average Bonchev–Trinajstić information content (AvgIpc) is 3.22. The Morgan fingerprint density at radius 3 is 2.56 bits per heavy atom. The van der Waals surface area contributed by atoms with Crippen LogP contribution in [-0.4, -0.2) is 82.5 Å². The van der Waals surface area contributed by atoms with E-state index in [2.05, 4.69) is 0 Å². The van der Waals surface area contributed by atoms with E-state index < -0.39 is 48.6 Å². The molecule has 5 N–H and O–H groups in total. The van der Waals surface area contributed by atoms with Crippen molar-refractivity contribution < 1.29 is 34.0 Å². The first-order valence-corrected chi connectivity index (χ1v) is 12.4. The van der Waals surface area contributed by atoms with Crippen LogP contribution in [0.25, 0.3) is 0 Å². The summed E-state index contributed by atoms with van der Waals surface area (Å²) >= 11 is 6.45. The fourth-order valence-electron chi connectivity index (χ4n) is 4.95. The van der Waals surface area contributed by atoms with Crippen LogP contribution in [0.5, 0.6) is 5.75 Å². The van der Waals surface area contributed by atoms with Crippen molar-refractivity contribution in [3.8, 4) is 5.75 Å². The summed E-state index contributed by atoms with van der Waals surface area (Å²) in [5.74, 6) is 0.114. The summed E-state index contributed by atoms with van der Waals surface area (Å²) in [4.78, 5) is 13.3. The highest BCUT2D eigenvalue weighted by Crippen LogP contribution is 2.35. The molecular formula is C26H32ClFN2O6. The second-order valence-corrected chi connectivity index (χ2v) is 9.78. The molecule has 36 heavy (non-hydrogen) atoms. The smallest absolute Gasteiger partial charge is 0.234 e. The van der Waals surface area contributed by atoms with Crippen LogP contribution >= 0.6 is 11.6 Å². The molecule has 10 heteroatoms. The molecule has 2 aliphatic rings. The number of hydrogen-bond acceptors (Lipinski definition) is 7. The molecule has 2 saturated heterocycles. The highest BCUT2D eigenvalue weighted by atomic mass is 35.5. The Balaban J connectivity index is 1.53. The topological polar surface area (TPSA) is 125 Å². The molecule has 0 saturated carbocycles. The maximum absolute atomic E-state index is 14.0. The van der Waals surface area contributed by atoms with E-state index in [0.717, 1.165) is 16.9 Å². The molecule has 1 amide bonds. The molecule has 0 radical (unpaired) electrons. The molecule has 4 rings (SSSR count). The molecule has 2 aromatic carbocycles. The first-order chi connectivity index (χ1) is 17.2. The van der Waals surface area contributed by atoms with Gasteiger partial charge in [-0.15, -0.1) is 0 Å². The van der Waals surface area contributed by atoms with Gasteiger partial charge in [0.05, 0.1) is 18.8 Å². The highest BCUT2D eigenvalue weighted by Gasteiger charge is 2.46. The number of alkyl halides is 1. The fourth-order valence-corrected chi connectivity index (χ4v) is 5.14. The van der Waals surface area contributed by atoms with Crippen molar-refractivity contribution >= 4 is 17.5 Å². The van der Waals surface area contributed by atoms with Crippen LogP contribution in [0, 0.1) is 0 Å². The minimum atomic E-state index is -1.50. The first kappa shape index (κ1) is 26.8. The summed E-state index contributed by atoms with van der Waals surface area (Å²) in [6, 6.07) is 12.0. The number of carbonyl (C=O) groups is 1. The minimum Gasteiger partial charge on any atom is -0.494 e. The molecule has 8 nitrogen and oxygen atoms in total. The lowest BCUT2D eigenvalue weighted by molar-refractivity contribution is -0.228. The summed E-state index contributed by atoms with van der Waals surface area (Å²) in [5, 5.41) is 32.4. The number of ether oxygens (including phenoxy) is 2. The van der Waals surface area contributed by atoms with Gasteiger partial charge in [0.25, 0.3) is 0 Å². The molecule has 7 atom stereocenters. The predicted molar refractivity (Wildman–Crippen MR) is 132 cm³/mol. The lowest BCUT2D eigenvalue weighted by Crippen LogP contribution is -2.58. The number of primary amides is 1. The van der Waals surface area contributed by atoms with Crippen molar-refractivity contribution in [1.82, 2.24) is 4.90 Å². The normalized spacial score (nSPS) is 30.9. The number of benzene rings is 2. The van der Waals surface area contributed by atoms with E-state index in [9.17, 15) is 24.5 Å². The van der Waals surface area contributed by atoms with Crippen LogP contribution in [0.15, 0.2) is 42.5 Å². The van der Waals surface area contributed by atoms with Crippen LogP contribution in [0.1, 0.15) is 36.1 Å². The summed E-state index contributed by atoms with van der Waals surface area (Å²) in [6.45, 7) is 2.44. The van der Waals surface area contributed by atoms with Crippen molar-refractivity contribution in [3.63, 3.8) is 0 Å². The summed E-state index contributed by atoms with van der Waals surface area (Å²) < 4.78 is 25.5. The number of aliphatic hydroxyl groups excluding tert-OH is 3. The molecule has 2 fully saturated rings. The Bertz CT molecular complexity index is 1060. The lowest BCUT2D eigenvalue weighted by Gasteiger charge is -2.42. The summed E-state index contributed by atoms with van der Waals surface area (Å²) in [5.41, 5.74) is 7.78. The second kappa shape index (κ2) is 11.4. The predicted octanol–water partition coefficient (Wildman–Crippen LogP) is 1.75. The van der Waals surface area contributed by atoms with Gasteiger partial charge in [0.1, 0.15) is 36.3 Å². The molecule has 0 spiro atoms. The zero-order valence-electron chi connectivity index (χ0n) is 20.0. The van der Waals surface area contributed by atoms with Crippen LogP contribution in [0.2, 0.25) is 5.02 Å². The third-order valence-corrected chi connectivity index (χ3v) is 7.20. The van der Waals surface area contributed by atoms with Crippen molar-refractivity contribution in [1.29, 1.82) is 0 Å². The van der Waals surface area contributed by atoms with Crippen molar-refractivity contribution in [2.24, 2.45) is 5.73 Å². The Morgan fingerprint density at radius 2 is 1.89 bits per heavy atom. The van der Waals surface area contributed by atoms with Gasteiger partial charge < -0.3 is 30.5 Å². The van der Waals surface area contributed by atoms with Crippen molar-refractivity contribution in [3.05, 3.63) is 64.2 Å². The van der Waals surface area contributed by atoms with Gasteiger partial charge in [-0.25, -0.2) is 4.39 Å². The van der Waals surface area contributed by atoms with Gasteiger partial charge in [-0.3, -0.25) is 9.69 Å². The van der Waals surface area contributed by atoms with E-state index in [1.54, 1.807) is 18.2 Å². The Hall–Kier alpha value is -2.27. The van der Waals surface area contributed by atoms with E-state index in [1.165, 1.54) is 4.90 Å². The highest BCUT2D eigenvalue weighted by molar-refractivity contribution is 6.31. The van der Waals surface area contributed by atoms with Gasteiger partial charge in [0, 0.05) is 24.5 Å². The molecule has 0 aromatic heterocycles. The fraction of sp³-hybridized carbons (Fsp3) is 0.500. The number of carbonyl (C=O) groups excluding carboxylic acids is 1. The van der Waals surface area contributed by atoms with E-state index >= 15 is 0 Å². The summed E-state index contributed by atoms with van der Waals surface area (Å²) in [7, 11) is 0. The number of rotatable bonds is 8. The Labute approximate surface area is 214 Å². The lowest BCUT2D eigenvalue weighted by atomic mass is 9.89. The molecule has 2 heterocycles.